The van der Waals surface area contributed by atoms with Crippen LogP contribution in [0, 0.1) is 29.0 Å². The van der Waals surface area contributed by atoms with Crippen molar-refractivity contribution in [2.75, 3.05) is 26.7 Å². The number of rotatable bonds is 5. The Labute approximate surface area is 168 Å². The quantitative estimate of drug-likeness (QED) is 0.762. The lowest BCUT2D eigenvalue weighted by atomic mass is 9.49. The molecule has 1 atom stereocenters. The fraction of sp³-hybridized carbons (Fsp3) is 0.708. The Hall–Kier alpha value is -1.42. The number of halogens is 1. The van der Waals surface area contributed by atoms with Gasteiger partial charge in [0.15, 0.2) is 0 Å². The lowest BCUT2D eigenvalue weighted by Crippen LogP contribution is -2.55. The molecule has 5 fully saturated rings. The van der Waals surface area contributed by atoms with Gasteiger partial charge in [-0.3, -0.25) is 4.79 Å². The molecule has 3 nitrogen and oxygen atoms in total. The molecule has 5 aliphatic rings. The average Bonchev–Trinajstić information content (AvgIpc) is 3.14. The van der Waals surface area contributed by atoms with Crippen molar-refractivity contribution in [3.05, 3.63) is 35.6 Å². The van der Waals surface area contributed by atoms with Gasteiger partial charge in [0.25, 0.3) is 0 Å². The lowest BCUT2D eigenvalue weighted by Gasteiger charge is -2.56. The van der Waals surface area contributed by atoms with Crippen LogP contribution in [0.1, 0.15) is 50.5 Å². The van der Waals surface area contributed by atoms with Gasteiger partial charge in [0.2, 0.25) is 5.91 Å². The van der Waals surface area contributed by atoms with Crippen LogP contribution in [0.3, 0.4) is 0 Å². The minimum absolute atomic E-state index is 0.0228. The third-order valence-electron chi connectivity index (χ3n) is 8.24. The van der Waals surface area contributed by atoms with Gasteiger partial charge in [-0.05, 0) is 86.8 Å². The molecule has 1 aromatic rings. The molecule has 1 heterocycles. The Morgan fingerprint density at radius 2 is 1.71 bits per heavy atom. The third-order valence-corrected chi connectivity index (χ3v) is 8.24. The first kappa shape index (κ1) is 18.6. The first-order valence-electron chi connectivity index (χ1n) is 11.2. The molecule has 0 aromatic heterocycles. The van der Waals surface area contributed by atoms with Gasteiger partial charge in [-0.25, -0.2) is 4.39 Å². The van der Waals surface area contributed by atoms with E-state index in [1.807, 2.05) is 12.1 Å². The standard InChI is InChI=1S/C24H33FN2O/c1-26(23(28)24-13-18-10-19(14-24)12-20(11-18)15-24)22-7-9-27(16-22)8-6-17-2-4-21(25)5-3-17/h2-5,18-20,22H,6-16H2,1H3. The molecule has 1 amide bonds. The van der Waals surface area contributed by atoms with Crippen LogP contribution in [0.4, 0.5) is 4.39 Å². The van der Waals surface area contributed by atoms with Gasteiger partial charge in [0.05, 0.1) is 5.41 Å². The van der Waals surface area contributed by atoms with E-state index in [0.29, 0.717) is 11.9 Å². The molecule has 1 aliphatic heterocycles. The molecule has 28 heavy (non-hydrogen) atoms. The zero-order valence-corrected chi connectivity index (χ0v) is 17.1. The van der Waals surface area contributed by atoms with Gasteiger partial charge < -0.3 is 9.80 Å². The van der Waals surface area contributed by atoms with E-state index in [1.165, 1.54) is 24.8 Å². The predicted octanol–water partition coefficient (Wildman–Crippen LogP) is 4.12. The topological polar surface area (TPSA) is 23.6 Å². The summed E-state index contributed by atoms with van der Waals surface area (Å²) >= 11 is 0. The van der Waals surface area contributed by atoms with E-state index in [4.69, 9.17) is 0 Å². The van der Waals surface area contributed by atoms with Gasteiger partial charge >= 0.3 is 0 Å². The van der Waals surface area contributed by atoms with Crippen molar-refractivity contribution in [2.45, 2.75) is 57.4 Å². The number of carbonyl (C=O) groups is 1. The molecule has 4 saturated carbocycles. The SMILES string of the molecule is CN(C(=O)C12CC3CC(CC(C3)C1)C2)C1CCN(CCc2ccc(F)cc2)C1. The number of nitrogens with zero attached hydrogens (tertiary/aromatic N) is 2. The summed E-state index contributed by atoms with van der Waals surface area (Å²) in [5.41, 5.74) is 1.16. The molecule has 4 heteroatoms. The number of likely N-dealkylation sites (tertiary alicyclic amines) is 1. The van der Waals surface area contributed by atoms with Crippen molar-refractivity contribution in [3.8, 4) is 0 Å². The van der Waals surface area contributed by atoms with Gasteiger partial charge in [-0.2, -0.15) is 0 Å². The Kier molecular flexibility index (Phi) is 4.73. The summed E-state index contributed by atoms with van der Waals surface area (Å²) in [6, 6.07) is 7.20. The highest BCUT2D eigenvalue weighted by Crippen LogP contribution is 2.60. The summed E-state index contributed by atoms with van der Waals surface area (Å²) in [6.07, 6.45) is 9.65. The normalized spacial score (nSPS) is 36.8. The maximum atomic E-state index is 13.6. The maximum Gasteiger partial charge on any atom is 0.228 e. The summed E-state index contributed by atoms with van der Waals surface area (Å²) in [4.78, 5) is 18.2. The second-order valence-corrected chi connectivity index (χ2v) is 10.2. The highest BCUT2D eigenvalue weighted by atomic mass is 19.1. The summed E-state index contributed by atoms with van der Waals surface area (Å²) < 4.78 is 13.1. The number of carbonyl (C=O) groups excluding carboxylic acids is 1. The predicted molar refractivity (Wildman–Crippen MR) is 108 cm³/mol. The molecular weight excluding hydrogens is 351 g/mol. The molecule has 4 aliphatic carbocycles. The average molecular weight is 385 g/mol. The maximum absolute atomic E-state index is 13.6. The van der Waals surface area contributed by atoms with E-state index < -0.39 is 0 Å². The van der Waals surface area contributed by atoms with Gasteiger partial charge in [0.1, 0.15) is 5.82 Å². The fourth-order valence-electron chi connectivity index (χ4n) is 7.18. The largest absolute Gasteiger partial charge is 0.341 e. The van der Waals surface area contributed by atoms with Crippen LogP contribution in [-0.4, -0.2) is 48.4 Å². The Balaban J connectivity index is 1.18. The number of likely N-dealkylation sites (N-methyl/N-ethyl adjacent to an activating group) is 1. The third kappa shape index (κ3) is 3.38. The highest BCUT2D eigenvalue weighted by Gasteiger charge is 2.55. The van der Waals surface area contributed by atoms with Gasteiger partial charge in [-0.1, -0.05) is 12.1 Å². The monoisotopic (exact) mass is 384 g/mol. The van der Waals surface area contributed by atoms with Crippen LogP contribution >= 0.6 is 0 Å². The van der Waals surface area contributed by atoms with Crippen molar-refractivity contribution in [1.82, 2.24) is 9.80 Å². The van der Waals surface area contributed by atoms with Crippen molar-refractivity contribution >= 4 is 5.91 Å². The Bertz CT molecular complexity index is 695. The minimum Gasteiger partial charge on any atom is -0.341 e. The smallest absolute Gasteiger partial charge is 0.228 e. The van der Waals surface area contributed by atoms with Gasteiger partial charge in [-0.15, -0.1) is 0 Å². The number of benzene rings is 1. The second kappa shape index (κ2) is 7.12. The number of amides is 1. The Morgan fingerprint density at radius 1 is 1.11 bits per heavy atom. The number of hydrogen-bond donors (Lipinski definition) is 0. The first-order chi connectivity index (χ1) is 13.5. The molecule has 6 rings (SSSR count). The zero-order chi connectivity index (χ0) is 19.3. The molecule has 0 spiro atoms. The summed E-state index contributed by atoms with van der Waals surface area (Å²) in [5.74, 6) is 2.74. The van der Waals surface area contributed by atoms with Crippen molar-refractivity contribution < 1.29 is 9.18 Å². The van der Waals surface area contributed by atoms with Crippen LogP contribution < -0.4 is 0 Å². The fourth-order valence-corrected chi connectivity index (χ4v) is 7.18. The van der Waals surface area contributed by atoms with Crippen LogP contribution in [0.15, 0.2) is 24.3 Å². The zero-order valence-electron chi connectivity index (χ0n) is 17.1. The van der Waals surface area contributed by atoms with E-state index in [2.05, 4.69) is 16.8 Å². The molecule has 1 aromatic carbocycles. The first-order valence-corrected chi connectivity index (χ1v) is 11.2. The molecule has 1 unspecified atom stereocenters. The Morgan fingerprint density at radius 3 is 2.32 bits per heavy atom. The van der Waals surface area contributed by atoms with Crippen molar-refractivity contribution in [3.63, 3.8) is 0 Å². The molecule has 0 radical (unpaired) electrons. The van der Waals surface area contributed by atoms with E-state index in [-0.39, 0.29) is 11.2 Å². The van der Waals surface area contributed by atoms with Crippen LogP contribution in [-0.2, 0) is 11.2 Å². The number of hydrogen-bond acceptors (Lipinski definition) is 2. The molecular formula is C24H33FN2O. The van der Waals surface area contributed by atoms with Gasteiger partial charge in [0, 0.05) is 32.7 Å². The lowest BCUT2D eigenvalue weighted by molar-refractivity contribution is -0.158. The second-order valence-electron chi connectivity index (χ2n) is 10.2. The van der Waals surface area contributed by atoms with E-state index >= 15 is 0 Å². The van der Waals surface area contributed by atoms with Crippen LogP contribution in [0.25, 0.3) is 0 Å². The van der Waals surface area contributed by atoms with Crippen molar-refractivity contribution in [2.24, 2.45) is 23.2 Å². The van der Waals surface area contributed by atoms with Crippen molar-refractivity contribution in [1.29, 1.82) is 0 Å². The van der Waals surface area contributed by atoms with Crippen LogP contribution in [0.2, 0.25) is 0 Å². The minimum atomic E-state index is -0.171. The summed E-state index contributed by atoms with van der Waals surface area (Å²) in [6.45, 7) is 3.03. The van der Waals surface area contributed by atoms with E-state index in [1.54, 1.807) is 12.1 Å². The summed E-state index contributed by atoms with van der Waals surface area (Å²) in [5, 5.41) is 0. The highest BCUT2D eigenvalue weighted by molar-refractivity contribution is 5.83. The molecule has 4 bridgehead atoms. The molecule has 1 saturated heterocycles. The molecule has 152 valence electrons. The van der Waals surface area contributed by atoms with E-state index in [0.717, 1.165) is 69.5 Å². The van der Waals surface area contributed by atoms with E-state index in [9.17, 15) is 9.18 Å². The van der Waals surface area contributed by atoms with Crippen LogP contribution in [0.5, 0.6) is 0 Å². The molecule has 0 N–H and O–H groups in total. The summed E-state index contributed by atoms with van der Waals surface area (Å²) in [7, 11) is 2.06.